The molecule has 0 saturated heterocycles. The van der Waals surface area contributed by atoms with E-state index in [4.69, 9.17) is 0 Å². The monoisotopic (exact) mass is 298 g/mol. The molecule has 13 heavy (non-hydrogen) atoms. The Labute approximate surface area is 101 Å². The number of hydrogen-bond acceptors (Lipinski definition) is 0. The zero-order valence-electron chi connectivity index (χ0n) is 8.60. The SMILES string of the molecule is CC(C)(C)c1ccccc1[CH2][Mg][I]. The first-order chi connectivity index (χ1) is 6.05. The molecule has 68 valence electrons. The lowest BCUT2D eigenvalue weighted by Crippen LogP contribution is -2.14. The van der Waals surface area contributed by atoms with E-state index in [1.165, 1.54) is 10.1 Å². The third kappa shape index (κ3) is 3.40. The normalized spacial score (nSPS) is 11.1. The van der Waals surface area contributed by atoms with Crippen molar-refractivity contribution in [2.45, 2.75) is 30.7 Å². The lowest BCUT2D eigenvalue weighted by atomic mass is 9.84. The van der Waals surface area contributed by atoms with Gasteiger partial charge in [-0.3, -0.25) is 0 Å². The van der Waals surface area contributed by atoms with Crippen LogP contribution >= 0.6 is 18.9 Å². The van der Waals surface area contributed by atoms with Gasteiger partial charge in [-0.1, -0.05) is 50.6 Å². The van der Waals surface area contributed by atoms with E-state index < -0.39 is 0 Å². The molecule has 0 aromatic heterocycles. The van der Waals surface area contributed by atoms with Crippen LogP contribution in [0.4, 0.5) is 0 Å². The number of benzene rings is 1. The van der Waals surface area contributed by atoms with Crippen LogP contribution in [-0.4, -0.2) is 16.5 Å². The van der Waals surface area contributed by atoms with Crippen LogP contribution in [0.5, 0.6) is 0 Å². The van der Waals surface area contributed by atoms with Crippen molar-refractivity contribution in [2.75, 3.05) is 0 Å². The Morgan fingerprint density at radius 1 is 1.23 bits per heavy atom. The zero-order valence-corrected chi connectivity index (χ0v) is 12.2. The van der Waals surface area contributed by atoms with Gasteiger partial charge in [0.25, 0.3) is 0 Å². The summed E-state index contributed by atoms with van der Waals surface area (Å²) in [7, 11) is 0. The first-order valence-corrected chi connectivity index (χ1v) is 10.8. The second kappa shape index (κ2) is 4.98. The summed E-state index contributed by atoms with van der Waals surface area (Å²) in [6.07, 6.45) is 0. The van der Waals surface area contributed by atoms with Gasteiger partial charge < -0.3 is 18.9 Å². The molecule has 0 nitrogen and oxygen atoms in total. The minimum absolute atomic E-state index is 0.106. The second-order valence-corrected chi connectivity index (χ2v) is 8.46. The Hall–Kier alpha value is 0.716. The summed E-state index contributed by atoms with van der Waals surface area (Å²) in [6.45, 7) is 6.88. The first kappa shape index (κ1) is 11.8. The number of halogens is 1. The minimum atomic E-state index is 0.106. The molecule has 2 heteroatoms. The summed E-state index contributed by atoms with van der Waals surface area (Å²) in [5.74, 6) is 0. The maximum Gasteiger partial charge on any atom is 0.468 e. The first-order valence-electron chi connectivity index (χ1n) is 4.70. The fraction of sp³-hybridized carbons (Fsp3) is 0.455. The highest BCUT2D eigenvalue weighted by Crippen LogP contribution is 2.25. The van der Waals surface area contributed by atoms with Crippen molar-refractivity contribution >= 4 is 35.3 Å². The Kier molecular flexibility index (Phi) is 4.52. The van der Waals surface area contributed by atoms with Gasteiger partial charge in [0.15, 0.2) is 0 Å². The van der Waals surface area contributed by atoms with Gasteiger partial charge in [0, 0.05) is 0 Å². The van der Waals surface area contributed by atoms with Gasteiger partial charge in [0.2, 0.25) is 0 Å². The van der Waals surface area contributed by atoms with E-state index in [2.05, 4.69) is 63.9 Å². The molecule has 0 aliphatic carbocycles. The fourth-order valence-corrected chi connectivity index (χ4v) is 3.95. The largest absolute Gasteiger partial charge is 0.468 e. The third-order valence-corrected chi connectivity index (χ3v) is 4.53. The molecule has 0 radical (unpaired) electrons. The Morgan fingerprint density at radius 2 is 1.85 bits per heavy atom. The summed E-state index contributed by atoms with van der Waals surface area (Å²) >= 11 is 2.68. The van der Waals surface area contributed by atoms with Crippen LogP contribution in [0.25, 0.3) is 0 Å². The molecule has 1 aromatic rings. The van der Waals surface area contributed by atoms with Crippen molar-refractivity contribution in [3.8, 4) is 0 Å². The Bertz CT molecular complexity index is 276. The molecule has 0 aliphatic rings. The molecule has 0 fully saturated rings. The third-order valence-electron chi connectivity index (χ3n) is 2.19. The maximum atomic E-state index is 2.57. The number of rotatable bonds is 2. The molecule has 0 N–H and O–H groups in total. The smallest absolute Gasteiger partial charge is 0.301 e. The maximum absolute atomic E-state index is 2.57. The molecule has 0 amide bonds. The topological polar surface area (TPSA) is 0 Å². The summed E-state index contributed by atoms with van der Waals surface area (Å²) in [5.41, 5.74) is 3.40. The van der Waals surface area contributed by atoms with Crippen molar-refractivity contribution in [1.29, 1.82) is 0 Å². The van der Waals surface area contributed by atoms with Crippen LogP contribution < -0.4 is 0 Å². The summed E-state index contributed by atoms with van der Waals surface area (Å²) in [5, 5.41) is 0. The van der Waals surface area contributed by atoms with Crippen molar-refractivity contribution in [1.82, 2.24) is 0 Å². The van der Waals surface area contributed by atoms with Crippen molar-refractivity contribution in [3.63, 3.8) is 0 Å². The summed E-state index contributed by atoms with van der Waals surface area (Å²) in [4.78, 5) is 0. The highest BCUT2D eigenvalue weighted by molar-refractivity contribution is 14.1. The van der Waals surface area contributed by atoms with Gasteiger partial charge in [-0.25, -0.2) is 0 Å². The van der Waals surface area contributed by atoms with Crippen LogP contribution in [0.2, 0.25) is 0 Å². The van der Waals surface area contributed by atoms with Gasteiger partial charge >= 0.3 is 16.5 Å². The fourth-order valence-electron chi connectivity index (χ4n) is 1.57. The quantitative estimate of drug-likeness (QED) is 0.579. The number of hydrogen-bond donors (Lipinski definition) is 0. The van der Waals surface area contributed by atoms with Gasteiger partial charge in [-0.2, -0.15) is 0 Å². The molecule has 0 atom stereocenters. The molecule has 0 spiro atoms. The van der Waals surface area contributed by atoms with Gasteiger partial charge in [-0.15, -0.1) is 4.55 Å². The van der Waals surface area contributed by atoms with Crippen LogP contribution in [-0.2, 0) is 9.97 Å². The van der Waals surface area contributed by atoms with Gasteiger partial charge in [0.05, 0.1) is 0 Å². The lowest BCUT2D eigenvalue weighted by molar-refractivity contribution is 0.585. The molecule has 1 rings (SSSR count). The highest BCUT2D eigenvalue weighted by atomic mass is 127. The Morgan fingerprint density at radius 3 is 2.38 bits per heavy atom. The lowest BCUT2D eigenvalue weighted by Gasteiger charge is -2.22. The molecule has 1 aromatic carbocycles. The van der Waals surface area contributed by atoms with Crippen molar-refractivity contribution in [3.05, 3.63) is 35.4 Å². The molecule has 0 bridgehead atoms. The average molecular weight is 298 g/mol. The molecule has 0 saturated carbocycles. The molecule has 0 heterocycles. The van der Waals surface area contributed by atoms with E-state index in [0.29, 0.717) is 5.41 Å². The Balaban J connectivity index is 3.05. The molecule has 0 aliphatic heterocycles. The zero-order chi connectivity index (χ0) is 9.90. The van der Waals surface area contributed by atoms with Crippen LogP contribution in [0.15, 0.2) is 24.3 Å². The summed E-state index contributed by atoms with van der Waals surface area (Å²) in [6, 6.07) is 8.87. The van der Waals surface area contributed by atoms with E-state index in [9.17, 15) is 0 Å². The van der Waals surface area contributed by atoms with Crippen molar-refractivity contribution in [2.24, 2.45) is 0 Å². The van der Waals surface area contributed by atoms with E-state index in [0.717, 1.165) is 0 Å². The minimum Gasteiger partial charge on any atom is -0.301 e. The van der Waals surface area contributed by atoms with Gasteiger partial charge in [0.1, 0.15) is 0 Å². The molecular weight excluding hydrogens is 283 g/mol. The van der Waals surface area contributed by atoms with E-state index in [-0.39, 0.29) is 16.5 Å². The van der Waals surface area contributed by atoms with E-state index >= 15 is 0 Å². The molecular formula is C11H15IMg. The predicted molar refractivity (Wildman–Crippen MR) is 68.6 cm³/mol. The second-order valence-electron chi connectivity index (χ2n) is 4.35. The van der Waals surface area contributed by atoms with Crippen LogP contribution in [0.1, 0.15) is 31.9 Å². The van der Waals surface area contributed by atoms with Crippen LogP contribution in [0.3, 0.4) is 0 Å². The summed E-state index contributed by atoms with van der Waals surface area (Å²) < 4.78 is 1.33. The predicted octanol–water partition coefficient (Wildman–Crippen LogP) is 3.54. The van der Waals surface area contributed by atoms with Crippen molar-refractivity contribution < 1.29 is 0 Å². The highest BCUT2D eigenvalue weighted by Gasteiger charge is 2.16. The average Bonchev–Trinajstić information content (AvgIpc) is 2.04. The van der Waals surface area contributed by atoms with Crippen LogP contribution in [0, 0.1) is 0 Å². The van der Waals surface area contributed by atoms with E-state index in [1.807, 2.05) is 0 Å². The standard InChI is InChI=1S/C11H15.HI.Mg/c1-9-7-5-6-8-10(9)11(2,3)4;;/h5-8H,1H2,2-4H3;1H;/q;;+1/p-1. The molecule has 0 unspecified atom stereocenters. The van der Waals surface area contributed by atoms with Gasteiger partial charge in [-0.05, 0) is 11.0 Å². The van der Waals surface area contributed by atoms with E-state index in [1.54, 1.807) is 5.56 Å².